The topological polar surface area (TPSA) is 68.4 Å². The lowest BCUT2D eigenvalue weighted by atomic mass is 9.80. The van der Waals surface area contributed by atoms with E-state index in [4.69, 9.17) is 0 Å². The highest BCUT2D eigenvalue weighted by Gasteiger charge is 2.35. The number of hydrogen-bond acceptors (Lipinski definition) is 3. The summed E-state index contributed by atoms with van der Waals surface area (Å²) in [6.07, 6.45) is 10.1. The first-order valence-electron chi connectivity index (χ1n) is 14.4. The summed E-state index contributed by atoms with van der Waals surface area (Å²) in [5, 5.41) is 4.99. The van der Waals surface area contributed by atoms with Gasteiger partial charge in [-0.3, -0.25) is 9.59 Å². The molecule has 1 aromatic heterocycles. The van der Waals surface area contributed by atoms with E-state index in [0.29, 0.717) is 31.8 Å². The number of carbonyl (C=O) groups is 2. The Bertz CT molecular complexity index is 1400. The van der Waals surface area contributed by atoms with Crippen molar-refractivity contribution in [3.63, 3.8) is 0 Å². The van der Waals surface area contributed by atoms with Crippen molar-refractivity contribution in [3.8, 4) is 0 Å². The van der Waals surface area contributed by atoms with E-state index < -0.39 is 17.5 Å². The van der Waals surface area contributed by atoms with Crippen LogP contribution in [0.15, 0.2) is 48.7 Å². The van der Waals surface area contributed by atoms with E-state index in [9.17, 15) is 22.8 Å². The second-order valence-corrected chi connectivity index (χ2v) is 11.5. The Morgan fingerprint density at radius 2 is 1.66 bits per heavy atom. The summed E-state index contributed by atoms with van der Waals surface area (Å²) in [6.45, 7) is 0.957. The number of amides is 2. The van der Waals surface area contributed by atoms with Gasteiger partial charge in [0, 0.05) is 56.4 Å². The van der Waals surface area contributed by atoms with Crippen LogP contribution in [0.2, 0.25) is 0 Å². The molecule has 1 saturated carbocycles. The molecular weight excluding hydrogens is 529 g/mol. The van der Waals surface area contributed by atoms with Crippen molar-refractivity contribution >= 4 is 28.8 Å². The average Bonchev–Trinajstić information content (AvgIpc) is 3.41. The Balaban J connectivity index is 1.17. The van der Waals surface area contributed by atoms with E-state index in [0.717, 1.165) is 43.3 Å². The number of likely N-dealkylation sites (tertiary alicyclic amines) is 1. The molecule has 41 heavy (non-hydrogen) atoms. The number of halogens is 3. The third-order valence-corrected chi connectivity index (χ3v) is 8.66. The van der Waals surface area contributed by atoms with E-state index >= 15 is 0 Å². The molecule has 2 N–H and O–H groups in total. The van der Waals surface area contributed by atoms with Crippen LogP contribution in [0.4, 0.5) is 13.2 Å². The summed E-state index contributed by atoms with van der Waals surface area (Å²) < 4.78 is 40.2. The van der Waals surface area contributed by atoms with Gasteiger partial charge in [-0.1, -0.05) is 18.2 Å². The minimum atomic E-state index is -1.53. The summed E-state index contributed by atoms with van der Waals surface area (Å²) >= 11 is 0. The minimum absolute atomic E-state index is 0.0498. The van der Waals surface area contributed by atoms with Crippen LogP contribution in [-0.4, -0.2) is 65.9 Å². The van der Waals surface area contributed by atoms with Gasteiger partial charge in [0.15, 0.2) is 17.5 Å². The standard InChI is InChI=1S/C32H37F3N4O2/c1-38(2)32(41)31(37-23-10-8-21(9-11-23)25-19-36-28-6-4-3-5-24(25)28)22-13-15-39(16-14-22)29(40)12-7-20-17-26(33)30(35)27(34)18-20/h3-7,12,17-19,21-23,31,36-37H,8-11,13-16H2,1-2H3/b12-7+. The molecule has 2 heterocycles. The quantitative estimate of drug-likeness (QED) is 0.289. The number of carbonyl (C=O) groups excluding carboxylic acids is 2. The molecule has 0 spiro atoms. The van der Waals surface area contributed by atoms with Gasteiger partial charge in [0.2, 0.25) is 11.8 Å². The fourth-order valence-corrected chi connectivity index (χ4v) is 6.34. The highest BCUT2D eigenvalue weighted by Crippen LogP contribution is 2.37. The molecule has 1 atom stereocenters. The van der Waals surface area contributed by atoms with Gasteiger partial charge in [-0.25, -0.2) is 13.2 Å². The fourth-order valence-electron chi connectivity index (χ4n) is 6.34. The van der Waals surface area contributed by atoms with Crippen molar-refractivity contribution < 1.29 is 22.8 Å². The maximum Gasteiger partial charge on any atom is 0.246 e. The molecule has 0 bridgehead atoms. The Hall–Kier alpha value is -3.59. The number of fused-ring (bicyclic) bond motifs is 1. The number of rotatable bonds is 7. The maximum atomic E-state index is 13.5. The number of aromatic amines is 1. The van der Waals surface area contributed by atoms with Gasteiger partial charge in [-0.2, -0.15) is 0 Å². The Morgan fingerprint density at radius 3 is 2.32 bits per heavy atom. The molecule has 2 aromatic carbocycles. The predicted molar refractivity (Wildman–Crippen MR) is 154 cm³/mol. The average molecular weight is 567 g/mol. The van der Waals surface area contributed by atoms with Gasteiger partial charge in [-0.15, -0.1) is 0 Å². The molecule has 1 unspecified atom stereocenters. The molecule has 1 saturated heterocycles. The smallest absolute Gasteiger partial charge is 0.246 e. The van der Waals surface area contributed by atoms with Crippen molar-refractivity contribution in [2.45, 2.75) is 56.5 Å². The number of para-hydroxylation sites is 1. The molecule has 3 aromatic rings. The van der Waals surface area contributed by atoms with Crippen LogP contribution in [0.1, 0.15) is 55.6 Å². The van der Waals surface area contributed by atoms with Crippen LogP contribution in [0.3, 0.4) is 0 Å². The van der Waals surface area contributed by atoms with Gasteiger partial charge < -0.3 is 20.1 Å². The van der Waals surface area contributed by atoms with E-state index in [1.807, 2.05) is 6.07 Å². The fraction of sp³-hybridized carbons (Fsp3) is 0.438. The van der Waals surface area contributed by atoms with Gasteiger partial charge in [0.1, 0.15) is 0 Å². The van der Waals surface area contributed by atoms with Crippen LogP contribution >= 0.6 is 0 Å². The molecule has 2 fully saturated rings. The highest BCUT2D eigenvalue weighted by atomic mass is 19.2. The highest BCUT2D eigenvalue weighted by molar-refractivity contribution is 5.92. The van der Waals surface area contributed by atoms with Crippen molar-refractivity contribution in [3.05, 3.63) is 77.2 Å². The molecule has 1 aliphatic carbocycles. The third-order valence-electron chi connectivity index (χ3n) is 8.66. The summed E-state index contributed by atoms with van der Waals surface area (Å²) in [7, 11) is 3.55. The van der Waals surface area contributed by atoms with Gasteiger partial charge in [0.05, 0.1) is 6.04 Å². The summed E-state index contributed by atoms with van der Waals surface area (Å²) in [5.74, 6) is -3.78. The monoisotopic (exact) mass is 566 g/mol. The van der Waals surface area contributed by atoms with Crippen molar-refractivity contribution in [1.82, 2.24) is 20.1 Å². The maximum absolute atomic E-state index is 13.5. The minimum Gasteiger partial charge on any atom is -0.361 e. The van der Waals surface area contributed by atoms with Crippen LogP contribution in [0, 0.1) is 23.4 Å². The summed E-state index contributed by atoms with van der Waals surface area (Å²) in [6, 6.07) is 10.0. The zero-order chi connectivity index (χ0) is 29.1. The first-order valence-corrected chi connectivity index (χ1v) is 14.4. The molecular formula is C32H37F3N4O2. The van der Waals surface area contributed by atoms with Gasteiger partial charge in [0.25, 0.3) is 0 Å². The first-order chi connectivity index (χ1) is 19.7. The number of likely N-dealkylation sites (N-methyl/N-ethyl adjacent to an activating group) is 1. The van der Waals surface area contributed by atoms with Gasteiger partial charge >= 0.3 is 0 Å². The second kappa shape index (κ2) is 12.5. The first kappa shape index (κ1) is 28.9. The number of benzene rings is 2. The number of aromatic nitrogens is 1. The second-order valence-electron chi connectivity index (χ2n) is 11.5. The Kier molecular flexibility index (Phi) is 8.82. The lowest BCUT2D eigenvalue weighted by Crippen LogP contribution is -2.54. The van der Waals surface area contributed by atoms with Crippen LogP contribution in [-0.2, 0) is 9.59 Å². The zero-order valence-electron chi connectivity index (χ0n) is 23.5. The Labute approximate surface area is 238 Å². The number of hydrogen-bond donors (Lipinski definition) is 2. The largest absolute Gasteiger partial charge is 0.361 e. The number of nitrogens with one attached hydrogen (secondary N) is 2. The molecule has 2 amide bonds. The van der Waals surface area contributed by atoms with Crippen molar-refractivity contribution in [1.29, 1.82) is 0 Å². The van der Waals surface area contributed by atoms with Gasteiger partial charge in [-0.05, 0) is 85.8 Å². The van der Waals surface area contributed by atoms with E-state index in [1.165, 1.54) is 23.1 Å². The Morgan fingerprint density at radius 1 is 1.00 bits per heavy atom. The van der Waals surface area contributed by atoms with Crippen LogP contribution in [0.25, 0.3) is 17.0 Å². The molecule has 1 aliphatic heterocycles. The summed E-state index contributed by atoms with van der Waals surface area (Å²) in [5.41, 5.74) is 2.61. The molecule has 218 valence electrons. The molecule has 2 aliphatic rings. The van der Waals surface area contributed by atoms with Crippen molar-refractivity contribution in [2.24, 2.45) is 5.92 Å². The van der Waals surface area contributed by atoms with Crippen molar-refractivity contribution in [2.75, 3.05) is 27.2 Å². The van der Waals surface area contributed by atoms with E-state index in [2.05, 4.69) is 34.7 Å². The predicted octanol–water partition coefficient (Wildman–Crippen LogP) is 5.61. The third kappa shape index (κ3) is 6.50. The number of H-pyrrole nitrogens is 1. The molecule has 9 heteroatoms. The summed E-state index contributed by atoms with van der Waals surface area (Å²) in [4.78, 5) is 32.7. The molecule has 6 nitrogen and oxygen atoms in total. The van der Waals surface area contributed by atoms with E-state index in [1.54, 1.807) is 23.9 Å². The van der Waals surface area contributed by atoms with Crippen LogP contribution < -0.4 is 5.32 Å². The molecule has 0 radical (unpaired) electrons. The lowest BCUT2D eigenvalue weighted by molar-refractivity contribution is -0.133. The SMILES string of the molecule is CN(C)C(=O)C(NC1CCC(c2c[nH]c3ccccc23)CC1)C1CCN(C(=O)/C=C/c2cc(F)c(F)c(F)c2)CC1. The van der Waals surface area contributed by atoms with Crippen LogP contribution in [0.5, 0.6) is 0 Å². The number of piperidine rings is 1. The lowest BCUT2D eigenvalue weighted by Gasteiger charge is -2.39. The molecule has 5 rings (SSSR count). The zero-order valence-corrected chi connectivity index (χ0v) is 23.5. The van der Waals surface area contributed by atoms with E-state index in [-0.39, 0.29) is 35.4 Å². The normalized spacial score (nSPS) is 21.0. The number of nitrogens with zero attached hydrogens (tertiary/aromatic N) is 2.